The van der Waals surface area contributed by atoms with E-state index in [9.17, 15) is 4.79 Å². The summed E-state index contributed by atoms with van der Waals surface area (Å²) in [5.74, 6) is 0.170. The Hall–Kier alpha value is -1.29. The standard InChI is InChI=1S/C15H17BrN2O/c1-17-10-13(12-9-11(16)5-6-14(12)17)15(19)18-7-3-2-4-8-18/h5-6,9-10H,2-4,7-8H2,1H3. The molecule has 100 valence electrons. The van der Waals surface area contributed by atoms with Crippen molar-refractivity contribution < 1.29 is 4.79 Å². The van der Waals surface area contributed by atoms with Crippen molar-refractivity contribution in [2.24, 2.45) is 7.05 Å². The molecule has 2 heterocycles. The van der Waals surface area contributed by atoms with Gasteiger partial charge in [0.1, 0.15) is 0 Å². The largest absolute Gasteiger partial charge is 0.350 e. The van der Waals surface area contributed by atoms with Gasteiger partial charge in [-0.25, -0.2) is 0 Å². The number of hydrogen-bond donors (Lipinski definition) is 0. The molecule has 1 aromatic heterocycles. The molecule has 1 amide bonds. The van der Waals surface area contributed by atoms with E-state index in [1.165, 1.54) is 6.42 Å². The minimum Gasteiger partial charge on any atom is -0.350 e. The average Bonchev–Trinajstić information content (AvgIpc) is 2.75. The maximum atomic E-state index is 12.6. The number of halogens is 1. The molecule has 2 aromatic rings. The van der Waals surface area contributed by atoms with Gasteiger partial charge >= 0.3 is 0 Å². The predicted octanol–water partition coefficient (Wildman–Crippen LogP) is 3.57. The number of aromatic nitrogens is 1. The van der Waals surface area contributed by atoms with E-state index in [4.69, 9.17) is 0 Å². The number of piperidine rings is 1. The van der Waals surface area contributed by atoms with Crippen LogP contribution in [0.2, 0.25) is 0 Å². The number of rotatable bonds is 1. The molecule has 0 aliphatic carbocycles. The van der Waals surface area contributed by atoms with Crippen LogP contribution in [0.1, 0.15) is 29.6 Å². The fourth-order valence-corrected chi connectivity index (χ4v) is 3.16. The van der Waals surface area contributed by atoms with Crippen molar-refractivity contribution in [2.75, 3.05) is 13.1 Å². The van der Waals surface area contributed by atoms with Crippen LogP contribution in [0.4, 0.5) is 0 Å². The van der Waals surface area contributed by atoms with Crippen LogP contribution >= 0.6 is 15.9 Å². The van der Waals surface area contributed by atoms with Crippen LogP contribution in [0.25, 0.3) is 10.9 Å². The number of hydrogen-bond acceptors (Lipinski definition) is 1. The third-order valence-corrected chi connectivity index (χ3v) is 4.32. The molecule has 1 aliphatic rings. The highest BCUT2D eigenvalue weighted by atomic mass is 79.9. The number of amides is 1. The molecule has 0 radical (unpaired) electrons. The molecule has 1 fully saturated rings. The van der Waals surface area contributed by atoms with Crippen LogP contribution in [-0.2, 0) is 7.05 Å². The zero-order valence-corrected chi connectivity index (χ0v) is 12.6. The number of carbonyl (C=O) groups excluding carboxylic acids is 1. The number of nitrogens with zero attached hydrogens (tertiary/aromatic N) is 2. The van der Waals surface area contributed by atoms with Crippen molar-refractivity contribution in [3.8, 4) is 0 Å². The van der Waals surface area contributed by atoms with Crippen LogP contribution in [0.5, 0.6) is 0 Å². The van der Waals surface area contributed by atoms with Crippen LogP contribution in [-0.4, -0.2) is 28.5 Å². The summed E-state index contributed by atoms with van der Waals surface area (Å²) in [6.45, 7) is 1.78. The summed E-state index contributed by atoms with van der Waals surface area (Å²) >= 11 is 3.49. The van der Waals surface area contributed by atoms with Crippen LogP contribution in [0.15, 0.2) is 28.9 Å². The lowest BCUT2D eigenvalue weighted by Crippen LogP contribution is -2.35. The van der Waals surface area contributed by atoms with Crippen LogP contribution < -0.4 is 0 Å². The Bertz CT molecular complexity index is 626. The normalized spacial score (nSPS) is 16.0. The Kier molecular flexibility index (Phi) is 3.35. The van der Waals surface area contributed by atoms with Gasteiger partial charge in [-0.3, -0.25) is 4.79 Å². The second kappa shape index (κ2) is 5.00. The van der Waals surface area contributed by atoms with Gasteiger partial charge in [-0.05, 0) is 37.5 Å². The number of carbonyl (C=O) groups is 1. The van der Waals surface area contributed by atoms with Crippen molar-refractivity contribution in [3.63, 3.8) is 0 Å². The second-order valence-corrected chi connectivity index (χ2v) is 6.08. The summed E-state index contributed by atoms with van der Waals surface area (Å²) < 4.78 is 3.04. The number of fused-ring (bicyclic) bond motifs is 1. The fraction of sp³-hybridized carbons (Fsp3) is 0.400. The SMILES string of the molecule is Cn1cc(C(=O)N2CCCCC2)c2cc(Br)ccc21. The fourth-order valence-electron chi connectivity index (χ4n) is 2.80. The first-order chi connectivity index (χ1) is 9.16. The minimum atomic E-state index is 0.170. The van der Waals surface area contributed by atoms with Gasteiger partial charge < -0.3 is 9.47 Å². The molecule has 1 saturated heterocycles. The van der Waals surface area contributed by atoms with Gasteiger partial charge in [-0.1, -0.05) is 15.9 Å². The van der Waals surface area contributed by atoms with E-state index in [0.29, 0.717) is 0 Å². The summed E-state index contributed by atoms with van der Waals surface area (Å²) in [6, 6.07) is 6.09. The van der Waals surface area contributed by atoms with Gasteiger partial charge in [0.15, 0.2) is 0 Å². The molecule has 1 aromatic carbocycles. The Morgan fingerprint density at radius 1 is 1.21 bits per heavy atom. The maximum absolute atomic E-state index is 12.6. The predicted molar refractivity (Wildman–Crippen MR) is 80.4 cm³/mol. The van der Waals surface area contributed by atoms with Gasteiger partial charge in [-0.2, -0.15) is 0 Å². The Morgan fingerprint density at radius 3 is 2.68 bits per heavy atom. The molecular weight excluding hydrogens is 304 g/mol. The monoisotopic (exact) mass is 320 g/mol. The van der Waals surface area contributed by atoms with E-state index < -0.39 is 0 Å². The third kappa shape index (κ3) is 2.29. The van der Waals surface area contributed by atoms with Gasteiger partial charge in [0.2, 0.25) is 0 Å². The number of benzene rings is 1. The molecule has 3 rings (SSSR count). The second-order valence-electron chi connectivity index (χ2n) is 5.17. The molecule has 3 nitrogen and oxygen atoms in total. The summed E-state index contributed by atoms with van der Waals surface area (Å²) in [6.07, 6.45) is 5.44. The molecule has 0 spiro atoms. The summed E-state index contributed by atoms with van der Waals surface area (Å²) in [7, 11) is 1.99. The lowest BCUT2D eigenvalue weighted by atomic mass is 10.1. The van der Waals surface area contributed by atoms with Gasteiger partial charge in [0, 0.05) is 41.7 Å². The third-order valence-electron chi connectivity index (χ3n) is 3.83. The first-order valence-corrected chi connectivity index (χ1v) is 7.50. The molecule has 0 N–H and O–H groups in total. The Labute approximate surface area is 121 Å². The van der Waals surface area contributed by atoms with E-state index in [1.807, 2.05) is 40.9 Å². The molecule has 19 heavy (non-hydrogen) atoms. The molecule has 1 aliphatic heterocycles. The van der Waals surface area contributed by atoms with Gasteiger partial charge in [-0.15, -0.1) is 0 Å². The van der Waals surface area contributed by atoms with E-state index in [1.54, 1.807) is 0 Å². The lowest BCUT2D eigenvalue weighted by Gasteiger charge is -2.26. The smallest absolute Gasteiger partial charge is 0.256 e. The molecule has 0 saturated carbocycles. The Balaban J connectivity index is 2.04. The molecular formula is C15H17BrN2O. The summed E-state index contributed by atoms with van der Waals surface area (Å²) in [5.41, 5.74) is 1.92. The van der Waals surface area contributed by atoms with Crippen LogP contribution in [0, 0.1) is 0 Å². The van der Waals surface area contributed by atoms with Crippen molar-refractivity contribution in [3.05, 3.63) is 34.4 Å². The first kappa shape index (κ1) is 12.7. The van der Waals surface area contributed by atoms with E-state index in [-0.39, 0.29) is 5.91 Å². The average molecular weight is 321 g/mol. The zero-order chi connectivity index (χ0) is 13.4. The highest BCUT2D eigenvalue weighted by Crippen LogP contribution is 2.26. The maximum Gasteiger partial charge on any atom is 0.256 e. The number of aryl methyl sites for hydroxylation is 1. The van der Waals surface area contributed by atoms with E-state index in [0.717, 1.165) is 46.9 Å². The highest BCUT2D eigenvalue weighted by molar-refractivity contribution is 9.10. The zero-order valence-electron chi connectivity index (χ0n) is 11.0. The van der Waals surface area contributed by atoms with Crippen molar-refractivity contribution in [1.82, 2.24) is 9.47 Å². The van der Waals surface area contributed by atoms with Crippen molar-refractivity contribution in [2.45, 2.75) is 19.3 Å². The van der Waals surface area contributed by atoms with E-state index in [2.05, 4.69) is 15.9 Å². The molecule has 0 atom stereocenters. The molecule has 0 unspecified atom stereocenters. The molecule has 0 bridgehead atoms. The van der Waals surface area contributed by atoms with E-state index >= 15 is 0 Å². The topological polar surface area (TPSA) is 25.2 Å². The first-order valence-electron chi connectivity index (χ1n) is 6.70. The summed E-state index contributed by atoms with van der Waals surface area (Å²) in [5, 5.41) is 1.03. The van der Waals surface area contributed by atoms with Gasteiger partial charge in [0.05, 0.1) is 5.56 Å². The summed E-state index contributed by atoms with van der Waals surface area (Å²) in [4.78, 5) is 14.6. The quantitative estimate of drug-likeness (QED) is 0.788. The Morgan fingerprint density at radius 2 is 1.95 bits per heavy atom. The van der Waals surface area contributed by atoms with Crippen molar-refractivity contribution >= 4 is 32.7 Å². The molecule has 4 heteroatoms. The lowest BCUT2D eigenvalue weighted by molar-refractivity contribution is 0.0726. The van der Waals surface area contributed by atoms with Crippen molar-refractivity contribution in [1.29, 1.82) is 0 Å². The number of likely N-dealkylation sites (tertiary alicyclic amines) is 1. The van der Waals surface area contributed by atoms with Crippen LogP contribution in [0.3, 0.4) is 0 Å². The highest BCUT2D eigenvalue weighted by Gasteiger charge is 2.21. The minimum absolute atomic E-state index is 0.170. The van der Waals surface area contributed by atoms with Gasteiger partial charge in [0.25, 0.3) is 5.91 Å².